The van der Waals surface area contributed by atoms with E-state index in [2.05, 4.69) is 37.3 Å². The molecule has 4 aromatic rings. The number of pyridine rings is 2. The van der Waals surface area contributed by atoms with E-state index in [-0.39, 0.29) is 18.3 Å². The number of benzene rings is 2. The Hall–Kier alpha value is -2.28. The summed E-state index contributed by atoms with van der Waals surface area (Å²) < 4.78 is 32.8. The van der Waals surface area contributed by atoms with Crippen LogP contribution < -0.4 is 10.7 Å². The minimum atomic E-state index is -1.66. The van der Waals surface area contributed by atoms with Crippen LogP contribution >= 0.6 is 17.0 Å². The minimum absolute atomic E-state index is 0.0217. The molecule has 42 heavy (non-hydrogen) atoms. The number of hydrogen-bond acceptors (Lipinski definition) is 7. The summed E-state index contributed by atoms with van der Waals surface area (Å²) in [5, 5.41) is 2.36. The van der Waals surface area contributed by atoms with Crippen molar-refractivity contribution in [3.8, 4) is 0 Å². The Labute approximate surface area is 250 Å². The summed E-state index contributed by atoms with van der Waals surface area (Å²) in [6, 6.07) is 16.0. The lowest BCUT2D eigenvalue weighted by atomic mass is 10.0. The third-order valence-corrected chi connectivity index (χ3v) is 9.77. The van der Waals surface area contributed by atoms with Crippen molar-refractivity contribution in [3.05, 3.63) is 82.3 Å². The van der Waals surface area contributed by atoms with Gasteiger partial charge in [0.15, 0.2) is 5.43 Å². The standard InChI is InChI=1S/C32H40N2O6P2/c1-8-22-10-9-11-23(18-22)28-15-17-36-41(38-28)25-19-24-12-13-26-27(35)14-16-34(30(26)29(24)33-20-25)21-37-42(39-31(2,3)4)40-32(5,6)7/h9-14,16,18-20,28H,8,15,17,21H2,1-7H3. The first-order chi connectivity index (χ1) is 19.9. The molecule has 0 amide bonds. The average Bonchev–Trinajstić information content (AvgIpc) is 2.94. The van der Waals surface area contributed by atoms with Gasteiger partial charge in [-0.3, -0.25) is 14.3 Å². The monoisotopic (exact) mass is 610 g/mol. The van der Waals surface area contributed by atoms with Crippen molar-refractivity contribution in [3.63, 3.8) is 0 Å². The van der Waals surface area contributed by atoms with E-state index in [1.165, 1.54) is 11.1 Å². The molecule has 224 valence electrons. The predicted molar refractivity (Wildman–Crippen MR) is 170 cm³/mol. The first-order valence-electron chi connectivity index (χ1n) is 14.3. The van der Waals surface area contributed by atoms with Gasteiger partial charge in [0.05, 0.1) is 34.9 Å². The number of nitrogens with zero attached hydrogens (tertiary/aromatic N) is 2. The van der Waals surface area contributed by atoms with Gasteiger partial charge in [0.2, 0.25) is 8.38 Å². The molecule has 2 unspecified atom stereocenters. The molecule has 10 heteroatoms. The molecular formula is C32H40N2O6P2. The molecule has 0 spiro atoms. The summed E-state index contributed by atoms with van der Waals surface area (Å²) in [4.78, 5) is 17.7. The van der Waals surface area contributed by atoms with Crippen LogP contribution in [0.4, 0.5) is 0 Å². The Morgan fingerprint density at radius 3 is 2.52 bits per heavy atom. The lowest BCUT2D eigenvalue weighted by molar-refractivity contribution is 0.0240. The number of aromatic nitrogens is 2. The van der Waals surface area contributed by atoms with Gasteiger partial charge in [-0.1, -0.05) is 37.3 Å². The van der Waals surface area contributed by atoms with Crippen LogP contribution in [0.2, 0.25) is 0 Å². The van der Waals surface area contributed by atoms with Crippen LogP contribution in [-0.4, -0.2) is 27.4 Å². The summed E-state index contributed by atoms with van der Waals surface area (Å²) in [6.45, 7) is 14.7. The largest absolute Gasteiger partial charge is 0.335 e. The number of aryl methyl sites for hydroxylation is 1. The highest BCUT2D eigenvalue weighted by atomic mass is 31.2. The smallest absolute Gasteiger partial charge is 0.330 e. The molecule has 2 aromatic carbocycles. The maximum Gasteiger partial charge on any atom is 0.335 e. The average molecular weight is 611 g/mol. The van der Waals surface area contributed by atoms with E-state index in [4.69, 9.17) is 27.6 Å². The second-order valence-corrected chi connectivity index (χ2v) is 14.9. The Morgan fingerprint density at radius 2 is 1.81 bits per heavy atom. The Kier molecular flexibility index (Phi) is 9.46. The van der Waals surface area contributed by atoms with Crippen LogP contribution in [0.1, 0.15) is 72.1 Å². The summed E-state index contributed by atoms with van der Waals surface area (Å²) in [5.74, 6) is 0. The van der Waals surface area contributed by atoms with Gasteiger partial charge in [-0.05, 0) is 71.2 Å². The van der Waals surface area contributed by atoms with Crippen molar-refractivity contribution in [2.75, 3.05) is 6.61 Å². The van der Waals surface area contributed by atoms with E-state index < -0.39 is 28.2 Å². The molecular weight excluding hydrogens is 570 g/mol. The van der Waals surface area contributed by atoms with Gasteiger partial charge in [0, 0.05) is 41.0 Å². The molecule has 2 aromatic heterocycles. The fraction of sp³-hybridized carbons (Fsp3) is 0.438. The van der Waals surface area contributed by atoms with Gasteiger partial charge in [0.1, 0.15) is 6.73 Å². The Bertz CT molecular complexity index is 1600. The van der Waals surface area contributed by atoms with Gasteiger partial charge < -0.3 is 22.7 Å². The highest BCUT2D eigenvalue weighted by Gasteiger charge is 2.29. The van der Waals surface area contributed by atoms with Crippen LogP contribution in [0.3, 0.4) is 0 Å². The number of fused-ring (bicyclic) bond motifs is 3. The Morgan fingerprint density at radius 1 is 1.05 bits per heavy atom. The van der Waals surface area contributed by atoms with Gasteiger partial charge >= 0.3 is 8.60 Å². The molecule has 5 rings (SSSR count). The molecule has 0 aliphatic carbocycles. The van der Waals surface area contributed by atoms with E-state index in [0.29, 0.717) is 23.0 Å². The molecule has 2 atom stereocenters. The molecule has 3 heterocycles. The van der Waals surface area contributed by atoms with Crippen LogP contribution in [0, 0.1) is 0 Å². The fourth-order valence-corrected chi connectivity index (χ4v) is 7.35. The predicted octanol–water partition coefficient (Wildman–Crippen LogP) is 8.06. The molecule has 0 saturated carbocycles. The first kappa shape index (κ1) is 31.2. The minimum Gasteiger partial charge on any atom is -0.330 e. The summed E-state index contributed by atoms with van der Waals surface area (Å²) >= 11 is 0. The maximum atomic E-state index is 12.9. The molecule has 0 radical (unpaired) electrons. The van der Waals surface area contributed by atoms with Crippen molar-refractivity contribution < 1.29 is 22.6 Å². The van der Waals surface area contributed by atoms with Gasteiger partial charge in [-0.25, -0.2) is 0 Å². The first-order valence-corrected chi connectivity index (χ1v) is 16.6. The summed E-state index contributed by atoms with van der Waals surface area (Å²) in [5.41, 5.74) is 2.90. The van der Waals surface area contributed by atoms with Crippen molar-refractivity contribution in [1.82, 2.24) is 9.55 Å². The summed E-state index contributed by atoms with van der Waals surface area (Å²) in [6.07, 6.45) is 5.31. The third-order valence-electron chi connectivity index (χ3n) is 6.52. The molecule has 1 fully saturated rings. The van der Waals surface area contributed by atoms with E-state index in [9.17, 15) is 4.79 Å². The van der Waals surface area contributed by atoms with E-state index >= 15 is 0 Å². The number of rotatable bonds is 8. The molecule has 1 aliphatic rings. The van der Waals surface area contributed by atoms with Crippen LogP contribution in [0.25, 0.3) is 21.8 Å². The van der Waals surface area contributed by atoms with Crippen molar-refractivity contribution in [2.24, 2.45) is 0 Å². The maximum absolute atomic E-state index is 12.9. The molecule has 0 N–H and O–H groups in total. The SMILES string of the molecule is CCc1cccc(C2CCOP(c3cnc4c(ccc5c(=O)ccn(COP(OC(C)(C)C)OC(C)(C)C)c54)c3)O2)c1. The zero-order valence-corrected chi connectivity index (χ0v) is 27.2. The molecule has 1 saturated heterocycles. The van der Waals surface area contributed by atoms with Crippen LogP contribution in [0.5, 0.6) is 0 Å². The lowest BCUT2D eigenvalue weighted by Crippen LogP contribution is -2.23. The van der Waals surface area contributed by atoms with Crippen molar-refractivity contribution in [2.45, 2.75) is 85.3 Å². The molecule has 0 bridgehead atoms. The topological polar surface area (TPSA) is 81.0 Å². The van der Waals surface area contributed by atoms with Gasteiger partial charge in [0.25, 0.3) is 0 Å². The second-order valence-electron chi connectivity index (χ2n) is 12.3. The third kappa shape index (κ3) is 7.62. The Balaban J connectivity index is 1.44. The van der Waals surface area contributed by atoms with E-state index in [0.717, 1.165) is 23.5 Å². The zero-order chi connectivity index (χ0) is 30.1. The van der Waals surface area contributed by atoms with Gasteiger partial charge in [-0.15, -0.1) is 0 Å². The molecule has 8 nitrogen and oxygen atoms in total. The zero-order valence-electron chi connectivity index (χ0n) is 25.4. The second kappa shape index (κ2) is 12.8. The highest BCUT2D eigenvalue weighted by molar-refractivity contribution is 7.56. The number of hydrogen-bond donors (Lipinski definition) is 0. The quantitative estimate of drug-likeness (QED) is 0.147. The highest BCUT2D eigenvalue weighted by Crippen LogP contribution is 2.49. The van der Waals surface area contributed by atoms with Crippen LogP contribution in [-0.2, 0) is 35.8 Å². The van der Waals surface area contributed by atoms with E-state index in [1.54, 1.807) is 18.5 Å². The summed E-state index contributed by atoms with van der Waals surface area (Å²) in [7, 11) is -2.96. The van der Waals surface area contributed by atoms with Crippen molar-refractivity contribution in [1.29, 1.82) is 0 Å². The fourth-order valence-electron chi connectivity index (χ4n) is 4.64. The van der Waals surface area contributed by atoms with Crippen LogP contribution in [0.15, 0.2) is 65.7 Å². The molecule has 1 aliphatic heterocycles. The normalized spacial score (nSPS) is 18.3. The van der Waals surface area contributed by atoms with E-state index in [1.807, 2.05) is 58.2 Å². The lowest BCUT2D eigenvalue weighted by Gasteiger charge is -2.30. The van der Waals surface area contributed by atoms with Crippen molar-refractivity contribution >= 4 is 44.1 Å². The van der Waals surface area contributed by atoms with Gasteiger partial charge in [-0.2, -0.15) is 0 Å².